The van der Waals surface area contributed by atoms with Crippen LogP contribution in [0.15, 0.2) is 12.2 Å². The molecular weight excluding hydrogens is 415 g/mol. The van der Waals surface area contributed by atoms with Crippen LogP contribution >= 0.6 is 0 Å². The Morgan fingerprint density at radius 2 is 1.44 bits per heavy atom. The van der Waals surface area contributed by atoms with Gasteiger partial charge in [0, 0.05) is 0 Å². The molecule has 0 saturated carbocycles. The first kappa shape index (κ1) is 24.8. The zero-order valence-corrected chi connectivity index (χ0v) is 20.8. The van der Waals surface area contributed by atoms with Gasteiger partial charge in [0.2, 0.25) is 0 Å². The van der Waals surface area contributed by atoms with Crippen LogP contribution in [0.2, 0.25) is 17.7 Å². The van der Waals surface area contributed by atoms with Crippen molar-refractivity contribution in [1.29, 1.82) is 0 Å². The van der Waals surface area contributed by atoms with E-state index in [-0.39, 0.29) is 12.1 Å². The molecule has 3 nitrogen and oxygen atoms in total. The summed E-state index contributed by atoms with van der Waals surface area (Å²) in [5.74, 6) is 0. The second-order valence-electron chi connectivity index (χ2n) is 8.19. The number of carbonyl (C=O) groups is 1. The van der Waals surface area contributed by atoms with Gasteiger partial charge >= 0.3 is 162 Å². The summed E-state index contributed by atoms with van der Waals surface area (Å²) < 4.78 is 5.92. The fourth-order valence-corrected chi connectivity index (χ4v) is 20.3. The number of hydrogen-bond acceptors (Lipinski definition) is 1. The predicted octanol–water partition coefficient (Wildman–Crippen LogP) is 6.44. The predicted molar refractivity (Wildman–Crippen MR) is 115 cm³/mol. The Labute approximate surface area is 161 Å². The molecule has 0 radical (unpaired) electrons. The van der Waals surface area contributed by atoms with Gasteiger partial charge in [-0.2, -0.15) is 0 Å². The third-order valence-corrected chi connectivity index (χ3v) is 20.9. The first-order valence-corrected chi connectivity index (χ1v) is 18.5. The fraction of sp³-hybridized carbons (Fsp3) is 0.857. The van der Waals surface area contributed by atoms with Crippen molar-refractivity contribution in [2.75, 3.05) is 14.1 Å². The molecule has 1 N–H and O–H groups in total. The standard InChI is InChI=1S/C9H17N2O.3C4H9.Sn/c1-7(2)6-8(3)10-9(12)11(4)5;3*1-3-4-2;/h8H,1-2,6H2,3-5H3,(H,10,12);3*1,3-4H2,2H3;. The van der Waals surface area contributed by atoms with Crippen LogP contribution in [0, 0.1) is 0 Å². The molecule has 0 aromatic carbocycles. The molecule has 148 valence electrons. The van der Waals surface area contributed by atoms with Gasteiger partial charge in [-0.15, -0.1) is 0 Å². The summed E-state index contributed by atoms with van der Waals surface area (Å²) in [4.78, 5) is 13.4. The summed E-state index contributed by atoms with van der Waals surface area (Å²) in [5, 5.41) is 3.07. The number of hydrogen-bond donors (Lipinski definition) is 1. The van der Waals surface area contributed by atoms with Crippen LogP contribution < -0.4 is 5.32 Å². The Bertz CT molecular complexity index is 360. The molecule has 0 aromatic heterocycles. The zero-order valence-electron chi connectivity index (χ0n) is 17.9. The summed E-state index contributed by atoms with van der Waals surface area (Å²) in [6.45, 7) is 13.5. The normalized spacial score (nSPS) is 12.7. The Morgan fingerprint density at radius 1 is 1.00 bits per heavy atom. The number of rotatable bonds is 14. The molecule has 0 fully saturated rings. The van der Waals surface area contributed by atoms with E-state index in [0.29, 0.717) is 0 Å². The van der Waals surface area contributed by atoms with Crippen molar-refractivity contribution >= 4 is 24.4 Å². The number of carbonyl (C=O) groups excluding carboxylic acids is 1. The summed E-state index contributed by atoms with van der Waals surface area (Å²) in [5.41, 5.74) is 1.39. The zero-order chi connectivity index (χ0) is 19.3. The van der Waals surface area contributed by atoms with Crippen molar-refractivity contribution in [1.82, 2.24) is 10.2 Å². The van der Waals surface area contributed by atoms with E-state index in [9.17, 15) is 4.79 Å². The topological polar surface area (TPSA) is 32.3 Å². The van der Waals surface area contributed by atoms with E-state index in [1.807, 2.05) is 0 Å². The molecule has 0 saturated heterocycles. The average molecular weight is 459 g/mol. The minimum atomic E-state index is -2.14. The fourth-order valence-electron chi connectivity index (χ4n) is 3.72. The van der Waals surface area contributed by atoms with Crippen molar-refractivity contribution in [3.63, 3.8) is 0 Å². The van der Waals surface area contributed by atoms with E-state index in [1.165, 1.54) is 61.8 Å². The van der Waals surface area contributed by atoms with E-state index in [0.717, 1.165) is 6.42 Å². The third kappa shape index (κ3) is 11.2. The second kappa shape index (κ2) is 13.9. The van der Waals surface area contributed by atoms with Gasteiger partial charge in [-0.05, 0) is 0 Å². The van der Waals surface area contributed by atoms with Crippen LogP contribution in [0.4, 0.5) is 4.79 Å². The number of amides is 2. The monoisotopic (exact) mass is 460 g/mol. The van der Waals surface area contributed by atoms with Crippen molar-refractivity contribution in [2.24, 2.45) is 0 Å². The summed E-state index contributed by atoms with van der Waals surface area (Å²) in [7, 11) is 3.58. The Hall–Kier alpha value is -0.191. The maximum atomic E-state index is 11.8. The second-order valence-corrected chi connectivity index (χ2v) is 22.0. The van der Waals surface area contributed by atoms with Gasteiger partial charge in [-0.3, -0.25) is 0 Å². The van der Waals surface area contributed by atoms with E-state index in [1.54, 1.807) is 19.0 Å². The number of urea groups is 1. The first-order valence-electron chi connectivity index (χ1n) is 10.4. The van der Waals surface area contributed by atoms with Gasteiger partial charge in [0.1, 0.15) is 0 Å². The molecule has 0 heterocycles. The number of nitrogens with one attached hydrogen (secondary N) is 1. The molecule has 0 aliphatic heterocycles. The quantitative estimate of drug-likeness (QED) is 0.235. The summed E-state index contributed by atoms with van der Waals surface area (Å²) in [6, 6.07) is 0.174. The van der Waals surface area contributed by atoms with Gasteiger partial charge < -0.3 is 0 Å². The van der Waals surface area contributed by atoms with Gasteiger partial charge in [0.05, 0.1) is 0 Å². The van der Waals surface area contributed by atoms with Gasteiger partial charge in [-0.1, -0.05) is 0 Å². The number of nitrogens with zero attached hydrogens (tertiary/aromatic N) is 1. The van der Waals surface area contributed by atoms with Crippen molar-refractivity contribution < 1.29 is 4.79 Å². The Morgan fingerprint density at radius 3 is 1.80 bits per heavy atom. The molecule has 0 spiro atoms. The molecule has 1 atom stereocenters. The van der Waals surface area contributed by atoms with Crippen molar-refractivity contribution in [2.45, 2.75) is 96.4 Å². The van der Waals surface area contributed by atoms with Crippen LogP contribution in [0.5, 0.6) is 0 Å². The molecule has 0 aliphatic rings. The van der Waals surface area contributed by atoms with Crippen LogP contribution in [0.3, 0.4) is 0 Å². The molecule has 0 bridgehead atoms. The first-order chi connectivity index (χ1) is 11.8. The van der Waals surface area contributed by atoms with E-state index < -0.39 is 18.4 Å². The molecule has 25 heavy (non-hydrogen) atoms. The van der Waals surface area contributed by atoms with E-state index in [4.69, 9.17) is 0 Å². The van der Waals surface area contributed by atoms with Crippen LogP contribution in [-0.2, 0) is 0 Å². The van der Waals surface area contributed by atoms with Crippen LogP contribution in [0.1, 0.15) is 72.6 Å². The van der Waals surface area contributed by atoms with Crippen molar-refractivity contribution in [3.8, 4) is 0 Å². The van der Waals surface area contributed by atoms with Gasteiger partial charge in [-0.25, -0.2) is 0 Å². The molecule has 4 heteroatoms. The summed E-state index contributed by atoms with van der Waals surface area (Å²) in [6.07, 6.45) is 9.11. The average Bonchev–Trinajstić information content (AvgIpc) is 2.55. The third-order valence-electron chi connectivity index (χ3n) is 5.18. The minimum absolute atomic E-state index is 0.00183. The SMILES string of the molecule is C=C(CC(C)NC(=O)N(C)C)[CH2][Sn]([CH2]CCC)([CH2]CCC)[CH2]CCC. The molecule has 0 rings (SSSR count). The molecule has 1 unspecified atom stereocenters. The van der Waals surface area contributed by atoms with Gasteiger partial charge in [0.25, 0.3) is 0 Å². The van der Waals surface area contributed by atoms with E-state index in [2.05, 4.69) is 39.6 Å². The number of unbranched alkanes of at least 4 members (excludes halogenated alkanes) is 3. The molecular formula is C21H44N2OSn. The van der Waals surface area contributed by atoms with Gasteiger partial charge in [0.15, 0.2) is 0 Å². The molecule has 2 amide bonds. The Balaban J connectivity index is 4.87. The molecule has 0 aliphatic carbocycles. The Kier molecular flexibility index (Phi) is 13.8. The summed E-state index contributed by atoms with van der Waals surface area (Å²) >= 11 is -2.14. The van der Waals surface area contributed by atoms with Crippen molar-refractivity contribution in [3.05, 3.63) is 12.2 Å². The van der Waals surface area contributed by atoms with Crippen LogP contribution in [0.25, 0.3) is 0 Å². The van der Waals surface area contributed by atoms with E-state index >= 15 is 0 Å². The molecule has 0 aromatic rings. The van der Waals surface area contributed by atoms with Crippen LogP contribution in [-0.4, -0.2) is 49.4 Å². The maximum absolute atomic E-state index is 11.8.